The van der Waals surface area contributed by atoms with Gasteiger partial charge in [0.15, 0.2) is 5.78 Å². The van der Waals surface area contributed by atoms with Gasteiger partial charge in [-0.2, -0.15) is 0 Å². The molecule has 0 spiro atoms. The number of H-pyrrole nitrogens is 1. The fourth-order valence-electron chi connectivity index (χ4n) is 0.945. The molecule has 0 aromatic carbocycles. The van der Waals surface area contributed by atoms with E-state index in [1.54, 1.807) is 18.2 Å². The maximum atomic E-state index is 11.0. The van der Waals surface area contributed by atoms with Crippen molar-refractivity contribution >= 4 is 17.8 Å². The number of ether oxygens (including phenoxy) is 1. The van der Waals surface area contributed by atoms with Crippen molar-refractivity contribution in [1.29, 1.82) is 0 Å². The Balaban J connectivity index is 2.78. The van der Waals surface area contributed by atoms with Crippen LogP contribution in [0.3, 0.4) is 0 Å². The number of carbonyl (C=O) groups excluding carboxylic acids is 2. The lowest BCUT2D eigenvalue weighted by Crippen LogP contribution is -2.00. The fraction of sp³-hybridized carbons (Fsp3) is 0.200. The minimum absolute atomic E-state index is 0.0424. The quantitative estimate of drug-likeness (QED) is 0.583. The van der Waals surface area contributed by atoms with Crippen molar-refractivity contribution in [2.24, 2.45) is 0 Å². The zero-order valence-corrected chi connectivity index (χ0v) is 8.03. The van der Waals surface area contributed by atoms with Gasteiger partial charge in [0.05, 0.1) is 7.11 Å². The number of allylic oxidation sites excluding steroid dienone is 1. The van der Waals surface area contributed by atoms with E-state index in [0.717, 1.165) is 0 Å². The third kappa shape index (κ3) is 2.58. The van der Waals surface area contributed by atoms with Crippen LogP contribution in [-0.4, -0.2) is 23.8 Å². The number of rotatable bonds is 3. The molecule has 1 aromatic heterocycles. The standard InChI is InChI=1S/C10H11NO3/c1-7(12)3-4-8-5-6-9(11-8)10(13)14-2/h3-6,11H,1-2H3. The van der Waals surface area contributed by atoms with Crippen LogP contribution < -0.4 is 0 Å². The predicted molar refractivity (Wildman–Crippen MR) is 51.8 cm³/mol. The van der Waals surface area contributed by atoms with E-state index in [4.69, 9.17) is 0 Å². The van der Waals surface area contributed by atoms with E-state index in [1.165, 1.54) is 20.1 Å². The molecular weight excluding hydrogens is 182 g/mol. The number of esters is 1. The minimum atomic E-state index is -0.424. The Morgan fingerprint density at radius 1 is 1.43 bits per heavy atom. The second kappa shape index (κ2) is 4.41. The van der Waals surface area contributed by atoms with Crippen molar-refractivity contribution in [3.63, 3.8) is 0 Å². The fourth-order valence-corrected chi connectivity index (χ4v) is 0.945. The molecule has 1 N–H and O–H groups in total. The maximum absolute atomic E-state index is 11.0. The van der Waals surface area contributed by atoms with Gasteiger partial charge in [-0.1, -0.05) is 0 Å². The van der Waals surface area contributed by atoms with E-state index in [0.29, 0.717) is 11.4 Å². The van der Waals surface area contributed by atoms with E-state index in [2.05, 4.69) is 9.72 Å². The smallest absolute Gasteiger partial charge is 0.354 e. The Bertz CT molecular complexity index is 376. The Morgan fingerprint density at radius 2 is 2.14 bits per heavy atom. The minimum Gasteiger partial charge on any atom is -0.464 e. The van der Waals surface area contributed by atoms with E-state index >= 15 is 0 Å². The molecule has 1 aromatic rings. The van der Waals surface area contributed by atoms with E-state index in [9.17, 15) is 9.59 Å². The number of hydrogen-bond acceptors (Lipinski definition) is 3. The maximum Gasteiger partial charge on any atom is 0.354 e. The number of ketones is 1. The largest absolute Gasteiger partial charge is 0.464 e. The third-order valence-electron chi connectivity index (χ3n) is 1.61. The molecule has 0 bridgehead atoms. The zero-order chi connectivity index (χ0) is 10.6. The van der Waals surface area contributed by atoms with Crippen LogP contribution >= 0.6 is 0 Å². The summed E-state index contributed by atoms with van der Waals surface area (Å²) in [6, 6.07) is 3.30. The first-order valence-corrected chi connectivity index (χ1v) is 4.09. The first kappa shape index (κ1) is 10.2. The molecule has 1 rings (SSSR count). The summed E-state index contributed by atoms with van der Waals surface area (Å²) in [6.45, 7) is 1.46. The number of carbonyl (C=O) groups is 2. The molecule has 0 saturated carbocycles. The van der Waals surface area contributed by atoms with Gasteiger partial charge < -0.3 is 9.72 Å². The predicted octanol–water partition coefficient (Wildman–Crippen LogP) is 1.40. The second-order valence-corrected chi connectivity index (χ2v) is 2.76. The van der Waals surface area contributed by atoms with Crippen molar-refractivity contribution in [3.05, 3.63) is 29.6 Å². The van der Waals surface area contributed by atoms with Gasteiger partial charge in [-0.25, -0.2) is 4.79 Å². The highest BCUT2D eigenvalue weighted by molar-refractivity contribution is 5.92. The lowest BCUT2D eigenvalue weighted by Gasteiger charge is -1.92. The summed E-state index contributed by atoms with van der Waals surface area (Å²) in [6.07, 6.45) is 3.03. The summed E-state index contributed by atoms with van der Waals surface area (Å²) in [5.41, 5.74) is 1.07. The van der Waals surface area contributed by atoms with Crippen LogP contribution in [0.2, 0.25) is 0 Å². The van der Waals surface area contributed by atoms with Crippen molar-refractivity contribution < 1.29 is 14.3 Å². The van der Waals surface area contributed by atoms with Crippen LogP contribution in [0.1, 0.15) is 23.1 Å². The Labute approximate surface area is 81.6 Å². The van der Waals surface area contributed by atoms with Crippen LogP contribution in [0.5, 0.6) is 0 Å². The van der Waals surface area contributed by atoms with Gasteiger partial charge in [0, 0.05) is 5.69 Å². The van der Waals surface area contributed by atoms with Gasteiger partial charge in [-0.3, -0.25) is 4.79 Å². The topological polar surface area (TPSA) is 59.2 Å². The van der Waals surface area contributed by atoms with Crippen LogP contribution in [-0.2, 0) is 9.53 Å². The summed E-state index contributed by atoms with van der Waals surface area (Å²) >= 11 is 0. The monoisotopic (exact) mass is 193 g/mol. The highest BCUT2D eigenvalue weighted by Crippen LogP contribution is 2.04. The highest BCUT2D eigenvalue weighted by atomic mass is 16.5. The van der Waals surface area contributed by atoms with Crippen molar-refractivity contribution in [2.75, 3.05) is 7.11 Å². The molecule has 0 fully saturated rings. The first-order valence-electron chi connectivity index (χ1n) is 4.09. The molecule has 0 radical (unpaired) electrons. The van der Waals surface area contributed by atoms with E-state index in [-0.39, 0.29) is 5.78 Å². The van der Waals surface area contributed by atoms with Gasteiger partial charge in [0.25, 0.3) is 0 Å². The van der Waals surface area contributed by atoms with Gasteiger partial charge in [0.2, 0.25) is 0 Å². The molecule has 0 amide bonds. The average Bonchev–Trinajstić information content (AvgIpc) is 2.62. The van der Waals surface area contributed by atoms with Crippen molar-refractivity contribution in [1.82, 2.24) is 4.98 Å². The molecule has 0 atom stereocenters. The third-order valence-corrected chi connectivity index (χ3v) is 1.61. The van der Waals surface area contributed by atoms with E-state index < -0.39 is 5.97 Å². The molecule has 4 heteroatoms. The molecule has 4 nitrogen and oxygen atoms in total. The Kier molecular flexibility index (Phi) is 3.23. The average molecular weight is 193 g/mol. The normalized spacial score (nSPS) is 10.4. The molecule has 14 heavy (non-hydrogen) atoms. The molecule has 0 aliphatic heterocycles. The van der Waals surface area contributed by atoms with Crippen LogP contribution in [0.15, 0.2) is 18.2 Å². The van der Waals surface area contributed by atoms with Gasteiger partial charge in [0.1, 0.15) is 5.69 Å². The Morgan fingerprint density at radius 3 is 2.71 bits per heavy atom. The highest BCUT2D eigenvalue weighted by Gasteiger charge is 2.05. The summed E-state index contributed by atoms with van der Waals surface area (Å²) in [7, 11) is 1.31. The van der Waals surface area contributed by atoms with Gasteiger partial charge >= 0.3 is 5.97 Å². The Hall–Kier alpha value is -1.84. The van der Waals surface area contributed by atoms with Gasteiger partial charge in [-0.05, 0) is 31.2 Å². The van der Waals surface area contributed by atoms with Crippen molar-refractivity contribution in [3.8, 4) is 0 Å². The molecule has 0 unspecified atom stereocenters. The van der Waals surface area contributed by atoms with Crippen LogP contribution in [0, 0.1) is 0 Å². The number of aromatic nitrogens is 1. The molecule has 0 saturated heterocycles. The summed E-state index contributed by atoms with van der Waals surface area (Å²) in [4.78, 5) is 24.4. The second-order valence-electron chi connectivity index (χ2n) is 2.76. The lowest BCUT2D eigenvalue weighted by molar-refractivity contribution is -0.112. The van der Waals surface area contributed by atoms with Crippen LogP contribution in [0.4, 0.5) is 0 Å². The summed E-state index contributed by atoms with van der Waals surface area (Å²) in [5, 5.41) is 0. The molecule has 1 heterocycles. The number of hydrogen-bond donors (Lipinski definition) is 1. The molecular formula is C10H11NO3. The number of methoxy groups -OCH3 is 1. The van der Waals surface area contributed by atoms with Crippen molar-refractivity contribution in [2.45, 2.75) is 6.92 Å². The van der Waals surface area contributed by atoms with Gasteiger partial charge in [-0.15, -0.1) is 0 Å². The zero-order valence-electron chi connectivity index (χ0n) is 8.03. The summed E-state index contributed by atoms with van der Waals surface area (Å²) in [5.74, 6) is -0.466. The van der Waals surface area contributed by atoms with E-state index in [1.807, 2.05) is 0 Å². The number of nitrogens with one attached hydrogen (secondary N) is 1. The SMILES string of the molecule is COC(=O)c1ccc(C=CC(C)=O)[nH]1. The summed E-state index contributed by atoms with van der Waals surface area (Å²) < 4.78 is 4.51. The molecule has 0 aliphatic carbocycles. The first-order chi connectivity index (χ1) is 6.63. The molecule has 74 valence electrons. The van der Waals surface area contributed by atoms with Crippen LogP contribution in [0.25, 0.3) is 6.08 Å². The number of aromatic amines is 1. The lowest BCUT2D eigenvalue weighted by atomic mass is 10.3. The molecule has 0 aliphatic rings.